The lowest BCUT2D eigenvalue weighted by Gasteiger charge is -2.18. The number of hydroxylamine groups is 1. The fourth-order valence-corrected chi connectivity index (χ4v) is 1.27. The number of nitrogens with one attached hydrogen (secondary N) is 1. The molecule has 0 unspecified atom stereocenters. The highest BCUT2D eigenvalue weighted by Crippen LogP contribution is 2.05. The van der Waals surface area contributed by atoms with Gasteiger partial charge in [-0.25, -0.2) is 5.48 Å². The van der Waals surface area contributed by atoms with Crippen LogP contribution in [0.15, 0.2) is 0 Å². The number of carbonyl (C=O) groups is 2. The second kappa shape index (κ2) is 6.68. The average Bonchev–Trinajstić information content (AvgIpc) is 2.07. The number of hydrogen-bond acceptors (Lipinski definition) is 4. The number of rotatable bonds is 6. The summed E-state index contributed by atoms with van der Waals surface area (Å²) in [5.41, 5.74) is 6.89. The van der Waals surface area contributed by atoms with Crippen molar-refractivity contribution in [1.82, 2.24) is 5.48 Å². The second-order valence-electron chi connectivity index (χ2n) is 4.01. The predicted octanol–water partition coefficient (Wildman–Crippen LogP) is 0.441. The van der Waals surface area contributed by atoms with Crippen LogP contribution in [-0.4, -0.2) is 28.9 Å². The van der Waals surface area contributed by atoms with Gasteiger partial charge in [-0.3, -0.25) is 14.4 Å². The summed E-state index contributed by atoms with van der Waals surface area (Å²) in [6, 6.07) is 0. The van der Waals surface area contributed by atoms with Crippen LogP contribution in [0.5, 0.6) is 0 Å². The van der Waals surface area contributed by atoms with Crippen LogP contribution in [0.25, 0.3) is 0 Å². The SMILES string of the molecule is CC(C)(C)ONC(=O)CCSCC(N)=O. The molecule has 0 saturated heterocycles. The molecule has 0 aliphatic rings. The third-order valence-corrected chi connectivity index (χ3v) is 2.17. The zero-order valence-electron chi connectivity index (χ0n) is 9.33. The van der Waals surface area contributed by atoms with Crippen molar-refractivity contribution in [2.24, 2.45) is 5.73 Å². The Balaban J connectivity index is 3.46. The van der Waals surface area contributed by atoms with Gasteiger partial charge in [-0.15, -0.1) is 0 Å². The lowest BCUT2D eigenvalue weighted by atomic mass is 10.2. The first kappa shape index (κ1) is 14.2. The highest BCUT2D eigenvalue weighted by molar-refractivity contribution is 7.99. The van der Waals surface area contributed by atoms with E-state index in [0.29, 0.717) is 12.2 Å². The highest BCUT2D eigenvalue weighted by Gasteiger charge is 2.12. The number of thioether (sulfide) groups is 1. The first-order valence-corrected chi connectivity index (χ1v) is 5.79. The van der Waals surface area contributed by atoms with Crippen molar-refractivity contribution >= 4 is 23.6 Å². The second-order valence-corrected chi connectivity index (χ2v) is 5.11. The van der Waals surface area contributed by atoms with Gasteiger partial charge in [-0.1, -0.05) is 0 Å². The molecule has 0 aromatic carbocycles. The molecule has 0 fully saturated rings. The van der Waals surface area contributed by atoms with Crippen LogP contribution in [0, 0.1) is 0 Å². The third-order valence-electron chi connectivity index (χ3n) is 1.19. The monoisotopic (exact) mass is 234 g/mol. The van der Waals surface area contributed by atoms with E-state index < -0.39 is 5.60 Å². The lowest BCUT2D eigenvalue weighted by molar-refractivity contribution is -0.145. The van der Waals surface area contributed by atoms with Gasteiger partial charge in [-0.2, -0.15) is 11.8 Å². The van der Waals surface area contributed by atoms with Crippen molar-refractivity contribution in [2.75, 3.05) is 11.5 Å². The third kappa shape index (κ3) is 11.2. The molecule has 3 N–H and O–H groups in total. The Morgan fingerprint density at radius 2 is 2.00 bits per heavy atom. The van der Waals surface area contributed by atoms with Crippen LogP contribution in [0.4, 0.5) is 0 Å². The number of primary amides is 1. The molecule has 0 bridgehead atoms. The van der Waals surface area contributed by atoms with Crippen molar-refractivity contribution < 1.29 is 14.4 Å². The molecule has 0 heterocycles. The van der Waals surface area contributed by atoms with Crippen molar-refractivity contribution in [3.8, 4) is 0 Å². The molecule has 2 amide bonds. The molecule has 0 aliphatic carbocycles. The minimum atomic E-state index is -0.393. The number of nitrogens with two attached hydrogens (primary N) is 1. The van der Waals surface area contributed by atoms with Gasteiger partial charge in [0.05, 0.1) is 11.4 Å². The Morgan fingerprint density at radius 3 is 2.47 bits per heavy atom. The number of amides is 2. The van der Waals surface area contributed by atoms with Gasteiger partial charge < -0.3 is 5.73 Å². The summed E-state index contributed by atoms with van der Waals surface area (Å²) < 4.78 is 0. The molecule has 0 aromatic heterocycles. The summed E-state index contributed by atoms with van der Waals surface area (Å²) in [4.78, 5) is 26.6. The molecule has 0 aliphatic heterocycles. The van der Waals surface area contributed by atoms with E-state index in [-0.39, 0.29) is 17.6 Å². The van der Waals surface area contributed by atoms with Gasteiger partial charge >= 0.3 is 0 Å². The smallest absolute Gasteiger partial charge is 0.244 e. The van der Waals surface area contributed by atoms with E-state index in [0.717, 1.165) is 0 Å². The van der Waals surface area contributed by atoms with E-state index in [1.54, 1.807) is 0 Å². The molecule has 0 atom stereocenters. The molecule has 6 heteroatoms. The van der Waals surface area contributed by atoms with Crippen molar-refractivity contribution in [3.05, 3.63) is 0 Å². The minimum Gasteiger partial charge on any atom is -0.369 e. The summed E-state index contributed by atoms with van der Waals surface area (Å²) in [5, 5.41) is 0. The van der Waals surface area contributed by atoms with Gasteiger partial charge in [0.25, 0.3) is 0 Å². The molecule has 0 aromatic rings. The minimum absolute atomic E-state index is 0.193. The summed E-state index contributed by atoms with van der Waals surface area (Å²) in [5.74, 6) is 0.239. The van der Waals surface area contributed by atoms with E-state index in [1.165, 1.54) is 11.8 Å². The molecule has 0 radical (unpaired) electrons. The van der Waals surface area contributed by atoms with Crippen molar-refractivity contribution in [2.45, 2.75) is 32.8 Å². The maximum absolute atomic E-state index is 11.2. The summed E-state index contributed by atoms with van der Waals surface area (Å²) in [7, 11) is 0. The molecular weight excluding hydrogens is 216 g/mol. The van der Waals surface area contributed by atoms with Crippen LogP contribution in [0.3, 0.4) is 0 Å². The Bertz CT molecular complexity index is 226. The van der Waals surface area contributed by atoms with Gasteiger partial charge in [0.2, 0.25) is 11.8 Å². The summed E-state index contributed by atoms with van der Waals surface area (Å²) in [6.07, 6.45) is 0.314. The summed E-state index contributed by atoms with van der Waals surface area (Å²) >= 11 is 1.33. The van der Waals surface area contributed by atoms with Crippen LogP contribution in [-0.2, 0) is 14.4 Å². The summed E-state index contributed by atoms with van der Waals surface area (Å²) in [6.45, 7) is 5.53. The van der Waals surface area contributed by atoms with E-state index in [4.69, 9.17) is 10.6 Å². The molecule has 5 nitrogen and oxygen atoms in total. The Kier molecular flexibility index (Phi) is 6.35. The van der Waals surface area contributed by atoms with Crippen LogP contribution in [0.1, 0.15) is 27.2 Å². The predicted molar refractivity (Wildman–Crippen MR) is 60.1 cm³/mol. The highest BCUT2D eigenvalue weighted by atomic mass is 32.2. The van der Waals surface area contributed by atoms with Gasteiger partial charge in [0.15, 0.2) is 0 Å². The van der Waals surface area contributed by atoms with Gasteiger partial charge in [0, 0.05) is 12.2 Å². The first-order chi connectivity index (χ1) is 6.81. The zero-order chi connectivity index (χ0) is 11.9. The molecule has 0 spiro atoms. The first-order valence-electron chi connectivity index (χ1n) is 4.64. The molecule has 0 rings (SSSR count). The van der Waals surface area contributed by atoms with E-state index >= 15 is 0 Å². The van der Waals surface area contributed by atoms with Crippen molar-refractivity contribution in [1.29, 1.82) is 0 Å². The van der Waals surface area contributed by atoms with Gasteiger partial charge in [-0.05, 0) is 20.8 Å². The maximum atomic E-state index is 11.2. The van der Waals surface area contributed by atoms with Gasteiger partial charge in [0.1, 0.15) is 0 Å². The molecule has 88 valence electrons. The zero-order valence-corrected chi connectivity index (χ0v) is 10.1. The fourth-order valence-electron chi connectivity index (χ4n) is 0.599. The maximum Gasteiger partial charge on any atom is 0.244 e. The Labute approximate surface area is 94.1 Å². The molecule has 15 heavy (non-hydrogen) atoms. The topological polar surface area (TPSA) is 81.4 Å². The Hall–Kier alpha value is -0.750. The van der Waals surface area contributed by atoms with Crippen LogP contribution >= 0.6 is 11.8 Å². The standard InChI is InChI=1S/C9H18N2O3S/c1-9(2,3)14-11-8(13)4-5-15-6-7(10)12/h4-6H2,1-3H3,(H2,10,12)(H,11,13). The largest absolute Gasteiger partial charge is 0.369 e. The lowest BCUT2D eigenvalue weighted by Crippen LogP contribution is -2.33. The molecule has 0 saturated carbocycles. The van der Waals surface area contributed by atoms with Crippen molar-refractivity contribution in [3.63, 3.8) is 0 Å². The number of hydrogen-bond donors (Lipinski definition) is 2. The quantitative estimate of drug-likeness (QED) is 0.516. The average molecular weight is 234 g/mol. The van der Waals surface area contributed by atoms with E-state index in [2.05, 4.69) is 5.48 Å². The normalized spacial score (nSPS) is 11.1. The Morgan fingerprint density at radius 1 is 1.40 bits per heavy atom. The van der Waals surface area contributed by atoms with Crippen LogP contribution in [0.2, 0.25) is 0 Å². The van der Waals surface area contributed by atoms with E-state index in [9.17, 15) is 9.59 Å². The van der Waals surface area contributed by atoms with Crippen LogP contribution < -0.4 is 11.2 Å². The molecular formula is C9H18N2O3S. The van der Waals surface area contributed by atoms with E-state index in [1.807, 2.05) is 20.8 Å². The fraction of sp³-hybridized carbons (Fsp3) is 0.778. The number of carbonyl (C=O) groups excluding carboxylic acids is 2.